The van der Waals surface area contributed by atoms with E-state index in [1.807, 2.05) is 23.2 Å². The van der Waals surface area contributed by atoms with Gasteiger partial charge in [0.25, 0.3) is 0 Å². The van der Waals surface area contributed by atoms with E-state index in [0.29, 0.717) is 29.1 Å². The van der Waals surface area contributed by atoms with Gasteiger partial charge < -0.3 is 15.5 Å². The van der Waals surface area contributed by atoms with E-state index in [9.17, 15) is 4.79 Å². The van der Waals surface area contributed by atoms with Gasteiger partial charge in [-0.25, -0.2) is 14.8 Å². The van der Waals surface area contributed by atoms with Crippen LogP contribution in [-0.4, -0.2) is 40.0 Å². The van der Waals surface area contributed by atoms with E-state index < -0.39 is 0 Å². The highest BCUT2D eigenvalue weighted by Crippen LogP contribution is 2.30. The lowest BCUT2D eigenvalue weighted by Crippen LogP contribution is -2.48. The number of nitrogens with one attached hydrogen (secondary N) is 2. The summed E-state index contributed by atoms with van der Waals surface area (Å²) in [7, 11) is 0. The van der Waals surface area contributed by atoms with Gasteiger partial charge >= 0.3 is 6.03 Å². The normalized spacial score (nSPS) is 19.4. The number of hydrogen-bond donors (Lipinski definition) is 2. The maximum Gasteiger partial charge on any atom is 0.318 e. The molecular formula is C23H29Cl2N5O. The summed E-state index contributed by atoms with van der Waals surface area (Å²) in [6.45, 7) is 6.41. The molecule has 3 heterocycles. The van der Waals surface area contributed by atoms with E-state index in [2.05, 4.69) is 29.5 Å². The Hall–Kier alpha value is -1.89. The number of aromatic nitrogens is 2. The van der Waals surface area contributed by atoms with Crippen molar-refractivity contribution in [2.24, 2.45) is 5.92 Å². The number of benzene rings is 1. The molecule has 2 aliphatic heterocycles. The van der Waals surface area contributed by atoms with Gasteiger partial charge in [-0.1, -0.05) is 43.1 Å². The van der Waals surface area contributed by atoms with Gasteiger partial charge in [0.05, 0.1) is 28.3 Å². The van der Waals surface area contributed by atoms with Crippen LogP contribution in [0.5, 0.6) is 0 Å². The molecule has 1 aromatic heterocycles. The summed E-state index contributed by atoms with van der Waals surface area (Å²) in [5.74, 6) is 1.34. The number of rotatable bonds is 5. The predicted molar refractivity (Wildman–Crippen MR) is 123 cm³/mol. The van der Waals surface area contributed by atoms with E-state index in [-0.39, 0.29) is 18.1 Å². The molecule has 0 saturated carbocycles. The molecule has 0 unspecified atom stereocenters. The Balaban J connectivity index is 1.50. The van der Waals surface area contributed by atoms with Crippen LogP contribution in [-0.2, 0) is 19.4 Å². The summed E-state index contributed by atoms with van der Waals surface area (Å²) in [5, 5.41) is 7.77. The third-order valence-electron chi connectivity index (χ3n) is 5.96. The van der Waals surface area contributed by atoms with Crippen molar-refractivity contribution < 1.29 is 4.79 Å². The van der Waals surface area contributed by atoms with Crippen LogP contribution < -0.4 is 10.6 Å². The minimum absolute atomic E-state index is 0.0838. The molecule has 1 saturated heterocycles. The highest BCUT2D eigenvalue weighted by Gasteiger charge is 2.30. The molecule has 6 nitrogen and oxygen atoms in total. The summed E-state index contributed by atoms with van der Waals surface area (Å²) in [4.78, 5) is 24.3. The molecule has 0 radical (unpaired) electrons. The van der Waals surface area contributed by atoms with Gasteiger partial charge in [0.15, 0.2) is 0 Å². The first-order valence-electron chi connectivity index (χ1n) is 11.0. The Bertz CT molecular complexity index is 946. The second-order valence-corrected chi connectivity index (χ2v) is 9.65. The molecule has 166 valence electrons. The second kappa shape index (κ2) is 9.72. The number of amides is 2. The molecule has 2 atom stereocenters. The first-order valence-corrected chi connectivity index (χ1v) is 11.7. The maximum atomic E-state index is 13.2. The van der Waals surface area contributed by atoms with Gasteiger partial charge in [0.2, 0.25) is 0 Å². The van der Waals surface area contributed by atoms with Crippen LogP contribution in [0.1, 0.15) is 55.4 Å². The first kappa shape index (κ1) is 22.3. The van der Waals surface area contributed by atoms with Crippen LogP contribution in [0.4, 0.5) is 4.79 Å². The number of halogens is 2. The Morgan fingerprint density at radius 3 is 2.87 bits per heavy atom. The lowest BCUT2D eigenvalue weighted by molar-refractivity contribution is 0.184. The van der Waals surface area contributed by atoms with E-state index >= 15 is 0 Å². The van der Waals surface area contributed by atoms with Crippen LogP contribution in [0.3, 0.4) is 0 Å². The van der Waals surface area contributed by atoms with Gasteiger partial charge in [0.1, 0.15) is 5.82 Å². The van der Waals surface area contributed by atoms with Gasteiger partial charge in [0, 0.05) is 25.2 Å². The summed E-state index contributed by atoms with van der Waals surface area (Å²) < 4.78 is 0. The molecule has 2 amide bonds. The molecule has 0 spiro atoms. The molecule has 2 aromatic rings. The standard InChI is InChI=1S/C23H29Cl2N5O/c1-14(2)10-21-27-12-16-7-9-30(13-20(16)28-21)23(31)29-22(19-4-3-8-26-19)15-5-6-17(24)18(25)11-15/h5-6,11-12,14,19,22,26H,3-4,7-10,13H2,1-2H3,(H,29,31)/t19-,22+/m1/s1. The largest absolute Gasteiger partial charge is 0.330 e. The van der Waals surface area contributed by atoms with Crippen molar-refractivity contribution in [1.29, 1.82) is 0 Å². The maximum absolute atomic E-state index is 13.2. The quantitative estimate of drug-likeness (QED) is 0.685. The third kappa shape index (κ3) is 5.30. The average Bonchev–Trinajstić information content (AvgIpc) is 3.27. The monoisotopic (exact) mass is 461 g/mol. The lowest BCUT2D eigenvalue weighted by atomic mass is 9.98. The van der Waals surface area contributed by atoms with E-state index in [4.69, 9.17) is 28.2 Å². The highest BCUT2D eigenvalue weighted by molar-refractivity contribution is 6.42. The number of urea groups is 1. The number of nitrogens with zero attached hydrogens (tertiary/aromatic N) is 3. The smallest absolute Gasteiger partial charge is 0.318 e. The molecule has 1 fully saturated rings. The molecule has 0 aliphatic carbocycles. The topological polar surface area (TPSA) is 70.2 Å². The van der Waals surface area contributed by atoms with Crippen LogP contribution in [0, 0.1) is 5.92 Å². The minimum Gasteiger partial charge on any atom is -0.330 e. The van der Waals surface area contributed by atoms with Crippen molar-refractivity contribution in [2.75, 3.05) is 13.1 Å². The van der Waals surface area contributed by atoms with Crippen molar-refractivity contribution in [3.05, 3.63) is 57.1 Å². The lowest BCUT2D eigenvalue weighted by Gasteiger charge is -2.32. The highest BCUT2D eigenvalue weighted by atomic mass is 35.5. The number of fused-ring (bicyclic) bond motifs is 1. The van der Waals surface area contributed by atoms with Gasteiger partial charge in [-0.15, -0.1) is 0 Å². The summed E-state index contributed by atoms with van der Waals surface area (Å²) in [6.07, 6.45) is 5.62. The molecular weight excluding hydrogens is 433 g/mol. The predicted octanol–water partition coefficient (Wildman–Crippen LogP) is 4.54. The number of carbonyl (C=O) groups is 1. The molecule has 1 aromatic carbocycles. The van der Waals surface area contributed by atoms with Crippen molar-refractivity contribution in [2.45, 2.75) is 58.2 Å². The SMILES string of the molecule is CC(C)Cc1ncc2c(n1)CN(C(=O)N[C@@H](c1ccc(Cl)c(Cl)c1)[C@H]1CCCN1)CC2. The summed E-state index contributed by atoms with van der Waals surface area (Å²) in [6, 6.07) is 5.49. The number of carbonyl (C=O) groups excluding carboxylic acids is 1. The molecule has 31 heavy (non-hydrogen) atoms. The van der Waals surface area contributed by atoms with Gasteiger partial charge in [-0.3, -0.25) is 0 Å². The first-order chi connectivity index (χ1) is 14.9. The van der Waals surface area contributed by atoms with Crippen LogP contribution in [0.15, 0.2) is 24.4 Å². The summed E-state index contributed by atoms with van der Waals surface area (Å²) in [5.41, 5.74) is 3.05. The Kier molecular flexibility index (Phi) is 6.99. The van der Waals surface area contributed by atoms with E-state index in [0.717, 1.165) is 54.9 Å². The van der Waals surface area contributed by atoms with Gasteiger partial charge in [-0.05, 0) is 55.0 Å². The molecule has 2 N–H and O–H groups in total. The fourth-order valence-electron chi connectivity index (χ4n) is 4.32. The van der Waals surface area contributed by atoms with Crippen LogP contribution >= 0.6 is 23.2 Å². The zero-order valence-corrected chi connectivity index (χ0v) is 19.5. The minimum atomic E-state index is -0.173. The fourth-order valence-corrected chi connectivity index (χ4v) is 4.63. The average molecular weight is 462 g/mol. The fraction of sp³-hybridized carbons (Fsp3) is 0.522. The van der Waals surface area contributed by atoms with Crippen molar-refractivity contribution in [1.82, 2.24) is 25.5 Å². The summed E-state index contributed by atoms with van der Waals surface area (Å²) >= 11 is 12.4. The van der Waals surface area contributed by atoms with Crippen molar-refractivity contribution in [3.63, 3.8) is 0 Å². The Morgan fingerprint density at radius 1 is 1.32 bits per heavy atom. The van der Waals surface area contributed by atoms with Crippen molar-refractivity contribution in [3.8, 4) is 0 Å². The van der Waals surface area contributed by atoms with Gasteiger partial charge in [-0.2, -0.15) is 0 Å². The van der Waals surface area contributed by atoms with E-state index in [1.165, 1.54) is 0 Å². The molecule has 0 bridgehead atoms. The van der Waals surface area contributed by atoms with Crippen LogP contribution in [0.25, 0.3) is 0 Å². The van der Waals surface area contributed by atoms with Crippen LogP contribution in [0.2, 0.25) is 10.0 Å². The zero-order valence-electron chi connectivity index (χ0n) is 18.0. The molecule has 4 rings (SSSR count). The van der Waals surface area contributed by atoms with Crippen molar-refractivity contribution >= 4 is 29.2 Å². The number of hydrogen-bond acceptors (Lipinski definition) is 4. The zero-order chi connectivity index (χ0) is 22.0. The molecule has 2 aliphatic rings. The van der Waals surface area contributed by atoms with E-state index in [1.54, 1.807) is 6.07 Å². The molecule has 8 heteroatoms. The Labute approximate surface area is 193 Å². The third-order valence-corrected chi connectivity index (χ3v) is 6.70. The Morgan fingerprint density at radius 2 is 2.16 bits per heavy atom. The second-order valence-electron chi connectivity index (χ2n) is 8.83.